The Balaban J connectivity index is 1.74. The van der Waals surface area contributed by atoms with Crippen molar-refractivity contribution in [2.24, 2.45) is 0 Å². The van der Waals surface area contributed by atoms with Crippen molar-refractivity contribution < 1.29 is 27.1 Å². The first-order valence-corrected chi connectivity index (χ1v) is 11.0. The minimum absolute atomic E-state index is 0.0951. The van der Waals surface area contributed by atoms with Crippen LogP contribution in [0, 0.1) is 19.7 Å². The molecule has 1 aliphatic rings. The van der Waals surface area contributed by atoms with E-state index in [1.807, 2.05) is 0 Å². The monoisotopic (exact) mass is 437 g/mol. The number of piperazine rings is 1. The number of hydrogen-bond acceptors (Lipinski definition) is 5. The molecule has 2 heterocycles. The quantitative estimate of drug-likeness (QED) is 0.722. The van der Waals surface area contributed by atoms with Crippen LogP contribution in [0.1, 0.15) is 39.0 Å². The van der Waals surface area contributed by atoms with Crippen LogP contribution in [0.25, 0.3) is 0 Å². The fourth-order valence-corrected chi connectivity index (χ4v) is 5.00. The molecule has 1 aliphatic heterocycles. The number of ether oxygens (including phenoxy) is 1. The van der Waals surface area contributed by atoms with Crippen molar-refractivity contribution >= 4 is 21.9 Å². The van der Waals surface area contributed by atoms with Crippen LogP contribution in [0.3, 0.4) is 0 Å². The molecule has 1 N–H and O–H groups in total. The number of H-pyrrole nitrogens is 1. The van der Waals surface area contributed by atoms with Crippen LogP contribution in [0.4, 0.5) is 4.39 Å². The van der Waals surface area contributed by atoms with Gasteiger partial charge in [-0.05, 0) is 44.5 Å². The maximum Gasteiger partial charge on any atom is 0.355 e. The SMILES string of the molecule is CCOC(=O)c1[nH]c(C)c(C(=O)N2CCN(S(=O)(=O)c3cccc(F)c3)CC2)c1C. The molecule has 1 fully saturated rings. The van der Waals surface area contributed by atoms with Crippen molar-refractivity contribution in [1.82, 2.24) is 14.2 Å². The average molecular weight is 437 g/mol. The lowest BCUT2D eigenvalue weighted by atomic mass is 10.1. The molecule has 0 saturated carbocycles. The van der Waals surface area contributed by atoms with Gasteiger partial charge < -0.3 is 14.6 Å². The number of carbonyl (C=O) groups excluding carboxylic acids is 2. The van der Waals surface area contributed by atoms with Gasteiger partial charge in [-0.3, -0.25) is 4.79 Å². The maximum atomic E-state index is 13.4. The number of nitrogens with zero attached hydrogens (tertiary/aromatic N) is 2. The third kappa shape index (κ3) is 4.10. The Morgan fingerprint density at radius 3 is 2.43 bits per heavy atom. The van der Waals surface area contributed by atoms with Gasteiger partial charge in [0, 0.05) is 31.9 Å². The third-order valence-electron chi connectivity index (χ3n) is 5.09. The fourth-order valence-electron chi connectivity index (χ4n) is 3.54. The number of sulfonamides is 1. The second-order valence-electron chi connectivity index (χ2n) is 7.00. The molecule has 8 nitrogen and oxygen atoms in total. The molecule has 0 aliphatic carbocycles. The van der Waals surface area contributed by atoms with E-state index in [4.69, 9.17) is 4.74 Å². The van der Waals surface area contributed by atoms with Crippen molar-refractivity contribution in [3.05, 3.63) is 52.6 Å². The summed E-state index contributed by atoms with van der Waals surface area (Å²) < 4.78 is 45.1. The zero-order valence-corrected chi connectivity index (χ0v) is 17.9. The molecule has 0 bridgehead atoms. The zero-order chi connectivity index (χ0) is 22.1. The van der Waals surface area contributed by atoms with E-state index >= 15 is 0 Å². The summed E-state index contributed by atoms with van der Waals surface area (Å²) in [5.41, 5.74) is 1.69. The Morgan fingerprint density at radius 2 is 1.83 bits per heavy atom. The molecule has 2 aromatic rings. The maximum absolute atomic E-state index is 13.4. The number of benzene rings is 1. The molecule has 1 aromatic heterocycles. The molecule has 162 valence electrons. The van der Waals surface area contributed by atoms with Gasteiger partial charge in [-0.25, -0.2) is 17.6 Å². The van der Waals surface area contributed by atoms with Crippen molar-refractivity contribution in [2.75, 3.05) is 32.8 Å². The normalized spacial score (nSPS) is 15.3. The fraction of sp³-hybridized carbons (Fsp3) is 0.400. The summed E-state index contributed by atoms with van der Waals surface area (Å²) in [4.78, 5) is 29.5. The Kier molecular flexibility index (Phi) is 6.27. The van der Waals surface area contributed by atoms with Gasteiger partial charge in [-0.15, -0.1) is 0 Å². The standard InChI is InChI=1S/C20H24FN3O5S/c1-4-29-20(26)18-13(2)17(14(3)22-18)19(25)23-8-10-24(11-9-23)30(27,28)16-7-5-6-15(21)12-16/h5-7,12,22H,4,8-11H2,1-3H3. The van der Waals surface area contributed by atoms with E-state index in [0.29, 0.717) is 16.8 Å². The molecule has 1 amide bonds. The van der Waals surface area contributed by atoms with Crippen LogP contribution in [0.5, 0.6) is 0 Å². The van der Waals surface area contributed by atoms with Crippen molar-refractivity contribution in [2.45, 2.75) is 25.7 Å². The van der Waals surface area contributed by atoms with E-state index < -0.39 is 21.8 Å². The lowest BCUT2D eigenvalue weighted by molar-refractivity contribution is 0.0519. The minimum Gasteiger partial charge on any atom is -0.461 e. The largest absolute Gasteiger partial charge is 0.461 e. The smallest absolute Gasteiger partial charge is 0.355 e. The Labute approximate surface area is 174 Å². The van der Waals surface area contributed by atoms with Crippen LogP contribution >= 0.6 is 0 Å². The number of aromatic nitrogens is 1. The highest BCUT2D eigenvalue weighted by atomic mass is 32.2. The first-order valence-electron chi connectivity index (χ1n) is 9.58. The van der Waals surface area contributed by atoms with Gasteiger partial charge in [0.25, 0.3) is 5.91 Å². The number of esters is 1. The number of aryl methyl sites for hydroxylation is 1. The van der Waals surface area contributed by atoms with Crippen LogP contribution in [-0.4, -0.2) is 67.3 Å². The topological polar surface area (TPSA) is 99.8 Å². The van der Waals surface area contributed by atoms with Gasteiger partial charge in [0.2, 0.25) is 10.0 Å². The van der Waals surface area contributed by atoms with Crippen LogP contribution in [-0.2, 0) is 14.8 Å². The molecule has 0 spiro atoms. The second kappa shape index (κ2) is 8.57. The molecule has 3 rings (SSSR count). The molecule has 0 atom stereocenters. The van der Waals surface area contributed by atoms with E-state index in [9.17, 15) is 22.4 Å². The first-order chi connectivity index (χ1) is 14.2. The van der Waals surface area contributed by atoms with E-state index in [-0.39, 0.29) is 49.3 Å². The second-order valence-corrected chi connectivity index (χ2v) is 8.94. The van der Waals surface area contributed by atoms with E-state index in [2.05, 4.69) is 4.98 Å². The molecule has 1 aromatic carbocycles. The van der Waals surface area contributed by atoms with Crippen LogP contribution < -0.4 is 0 Å². The summed E-state index contributed by atoms with van der Waals surface area (Å²) in [5, 5.41) is 0. The highest BCUT2D eigenvalue weighted by molar-refractivity contribution is 7.89. The van der Waals surface area contributed by atoms with Crippen LogP contribution in [0.15, 0.2) is 29.2 Å². The molecule has 1 saturated heterocycles. The summed E-state index contributed by atoms with van der Waals surface area (Å²) in [6, 6.07) is 4.86. The minimum atomic E-state index is -3.84. The lowest BCUT2D eigenvalue weighted by Gasteiger charge is -2.34. The highest BCUT2D eigenvalue weighted by Crippen LogP contribution is 2.23. The lowest BCUT2D eigenvalue weighted by Crippen LogP contribution is -2.50. The number of nitrogens with one attached hydrogen (secondary N) is 1. The number of amides is 1. The predicted octanol–water partition coefficient (Wildman–Crippen LogP) is 2.09. The van der Waals surface area contributed by atoms with E-state index in [0.717, 1.165) is 6.07 Å². The number of rotatable bonds is 5. The Hall–Kier alpha value is -2.72. The molecule has 10 heteroatoms. The molecule has 30 heavy (non-hydrogen) atoms. The number of aromatic amines is 1. The average Bonchev–Trinajstić information content (AvgIpc) is 3.02. The highest BCUT2D eigenvalue weighted by Gasteiger charge is 2.32. The van der Waals surface area contributed by atoms with Gasteiger partial charge in [0.15, 0.2) is 0 Å². The molecule has 0 unspecified atom stereocenters. The zero-order valence-electron chi connectivity index (χ0n) is 17.1. The van der Waals surface area contributed by atoms with E-state index in [1.54, 1.807) is 25.7 Å². The number of hydrogen-bond donors (Lipinski definition) is 1. The molecule has 0 radical (unpaired) electrons. The Bertz CT molecular complexity index is 1070. The van der Waals surface area contributed by atoms with Gasteiger partial charge in [-0.2, -0.15) is 4.31 Å². The Morgan fingerprint density at radius 1 is 1.17 bits per heavy atom. The van der Waals surface area contributed by atoms with Crippen molar-refractivity contribution in [3.63, 3.8) is 0 Å². The first kappa shape index (κ1) is 22.0. The van der Waals surface area contributed by atoms with Gasteiger partial charge in [0.05, 0.1) is 17.1 Å². The predicted molar refractivity (Wildman–Crippen MR) is 107 cm³/mol. The van der Waals surface area contributed by atoms with E-state index in [1.165, 1.54) is 22.5 Å². The van der Waals surface area contributed by atoms with Gasteiger partial charge >= 0.3 is 5.97 Å². The van der Waals surface area contributed by atoms with Gasteiger partial charge in [-0.1, -0.05) is 6.07 Å². The third-order valence-corrected chi connectivity index (χ3v) is 6.99. The number of carbonyl (C=O) groups is 2. The molecular weight excluding hydrogens is 413 g/mol. The summed E-state index contributed by atoms with van der Waals surface area (Å²) in [6.07, 6.45) is 0. The number of halogens is 1. The van der Waals surface area contributed by atoms with Crippen molar-refractivity contribution in [3.8, 4) is 0 Å². The molecular formula is C20H24FN3O5S. The summed E-state index contributed by atoms with van der Waals surface area (Å²) in [6.45, 7) is 5.86. The van der Waals surface area contributed by atoms with Gasteiger partial charge in [0.1, 0.15) is 11.5 Å². The summed E-state index contributed by atoms with van der Waals surface area (Å²) in [5.74, 6) is -1.43. The summed E-state index contributed by atoms with van der Waals surface area (Å²) in [7, 11) is -3.84. The van der Waals surface area contributed by atoms with Crippen molar-refractivity contribution in [1.29, 1.82) is 0 Å². The summed E-state index contributed by atoms with van der Waals surface area (Å²) >= 11 is 0. The van der Waals surface area contributed by atoms with Crippen LogP contribution in [0.2, 0.25) is 0 Å².